The molecule has 4 aromatic rings. The minimum atomic E-state index is 0.0611. The van der Waals surface area contributed by atoms with Gasteiger partial charge >= 0.3 is 0 Å². The average Bonchev–Trinajstić information content (AvgIpc) is 3.43. The Morgan fingerprint density at radius 2 is 1.34 bits per heavy atom. The van der Waals surface area contributed by atoms with Crippen LogP contribution >= 0.6 is 11.6 Å². The van der Waals surface area contributed by atoms with Crippen molar-refractivity contribution in [3.8, 4) is 17.2 Å². The molecule has 0 radical (unpaired) electrons. The summed E-state index contributed by atoms with van der Waals surface area (Å²) in [6.07, 6.45) is 3.26. The van der Waals surface area contributed by atoms with Crippen LogP contribution in [-0.4, -0.2) is 29.0 Å². The Hall–Kier alpha value is -3.31. The van der Waals surface area contributed by atoms with Crippen molar-refractivity contribution < 1.29 is 9.47 Å². The monoisotopic (exact) mass is 577 g/mol. The van der Waals surface area contributed by atoms with Gasteiger partial charge in [-0.3, -0.25) is 0 Å². The first-order valence-corrected chi connectivity index (χ1v) is 14.3. The van der Waals surface area contributed by atoms with Crippen LogP contribution in [0.4, 0.5) is 0 Å². The van der Waals surface area contributed by atoms with Crippen LogP contribution in [0.25, 0.3) is 5.69 Å². The summed E-state index contributed by atoms with van der Waals surface area (Å²) in [6, 6.07) is 20.6. The van der Waals surface area contributed by atoms with Crippen LogP contribution in [0, 0.1) is 6.92 Å². The molecule has 0 amide bonds. The quantitative estimate of drug-likeness (QED) is 0.243. The highest BCUT2D eigenvalue weighted by Gasteiger charge is 2.19. The highest BCUT2D eigenvalue weighted by atomic mass is 35.5. The number of methoxy groups -OCH3 is 2. The third kappa shape index (κ3) is 10.2. The van der Waals surface area contributed by atoms with Crippen molar-refractivity contribution >= 4 is 11.6 Å². The van der Waals surface area contributed by atoms with E-state index in [0.717, 1.165) is 27.8 Å². The molecule has 4 rings (SSSR count). The molecule has 0 spiro atoms. The van der Waals surface area contributed by atoms with Crippen LogP contribution in [-0.2, 0) is 16.2 Å². The van der Waals surface area contributed by atoms with Crippen molar-refractivity contribution in [1.82, 2.24) is 14.8 Å². The predicted molar refractivity (Wildman–Crippen MR) is 173 cm³/mol. The van der Waals surface area contributed by atoms with Gasteiger partial charge in [-0.15, -0.1) is 0 Å². The molecule has 0 bridgehead atoms. The number of hydrogen-bond acceptors (Lipinski definition) is 4. The number of aromatic nitrogens is 3. The number of benzene rings is 3. The van der Waals surface area contributed by atoms with Crippen LogP contribution in [0.3, 0.4) is 0 Å². The summed E-state index contributed by atoms with van der Waals surface area (Å²) in [5.74, 6) is 1.69. The summed E-state index contributed by atoms with van der Waals surface area (Å²) in [5, 5.41) is 4.84. The Bertz CT molecular complexity index is 1380. The first-order valence-electron chi connectivity index (χ1n) is 13.9. The number of hydrogen-bond donors (Lipinski definition) is 0. The zero-order chi connectivity index (χ0) is 31.0. The van der Waals surface area contributed by atoms with Crippen molar-refractivity contribution in [2.45, 2.75) is 85.5 Å². The van der Waals surface area contributed by atoms with Gasteiger partial charge in [0.2, 0.25) is 0 Å². The lowest BCUT2D eigenvalue weighted by Crippen LogP contribution is -2.11. The molecule has 1 heterocycles. The fourth-order valence-corrected chi connectivity index (χ4v) is 4.49. The van der Waals surface area contributed by atoms with Crippen LogP contribution in [0.1, 0.15) is 84.6 Å². The molecule has 0 N–H and O–H groups in total. The van der Waals surface area contributed by atoms with Crippen molar-refractivity contribution in [1.29, 1.82) is 0 Å². The highest BCUT2D eigenvalue weighted by molar-refractivity contribution is 6.33. The molecule has 6 heteroatoms. The first-order chi connectivity index (χ1) is 19.0. The Balaban J connectivity index is 0.000000216. The second kappa shape index (κ2) is 14.0. The molecule has 0 unspecified atom stereocenters. The Morgan fingerprint density at radius 3 is 1.85 bits per heavy atom. The van der Waals surface area contributed by atoms with E-state index in [9.17, 15) is 0 Å². The molecule has 0 aliphatic carbocycles. The number of nitrogens with zero attached hydrogens (tertiary/aromatic N) is 3. The summed E-state index contributed by atoms with van der Waals surface area (Å²) >= 11 is 6.17. The summed E-state index contributed by atoms with van der Waals surface area (Å²) < 4.78 is 12.2. The maximum Gasteiger partial charge on any atom is 0.138 e. The standard InChI is InChI=1S/C12H15N3.C12H18O.C11H15ClO/c1-12(2,3)10-5-4-6-11(7-10)15-9-13-8-14-15;1-9-6-10(12(2,3)4)8-11(7-9)13-5;1-11(2,3)8-6-5-7-9(13-4)10(8)12/h4-9H,1-3H3;6-8H,1-5H3;5-7H,1-4H3. The van der Waals surface area contributed by atoms with E-state index < -0.39 is 0 Å². The number of aryl methyl sites for hydroxylation is 1. The molecule has 0 aliphatic heterocycles. The molecule has 0 saturated carbocycles. The summed E-state index contributed by atoms with van der Waals surface area (Å²) in [5.41, 5.74) is 6.47. The molecule has 0 fully saturated rings. The lowest BCUT2D eigenvalue weighted by Gasteiger charge is -2.21. The molecule has 3 aromatic carbocycles. The van der Waals surface area contributed by atoms with E-state index in [1.54, 1.807) is 31.6 Å². The summed E-state index contributed by atoms with van der Waals surface area (Å²) in [7, 11) is 3.34. The molecular weight excluding hydrogens is 530 g/mol. The van der Waals surface area contributed by atoms with E-state index in [4.69, 9.17) is 21.1 Å². The van der Waals surface area contributed by atoms with Crippen molar-refractivity contribution in [2.24, 2.45) is 0 Å². The van der Waals surface area contributed by atoms with Crippen LogP contribution in [0.2, 0.25) is 5.02 Å². The van der Waals surface area contributed by atoms with Crippen molar-refractivity contribution in [3.63, 3.8) is 0 Å². The highest BCUT2D eigenvalue weighted by Crippen LogP contribution is 2.35. The first kappa shape index (κ1) is 33.9. The average molecular weight is 578 g/mol. The molecule has 41 heavy (non-hydrogen) atoms. The Kier molecular flexibility index (Phi) is 11.6. The van der Waals surface area contributed by atoms with E-state index in [0.29, 0.717) is 0 Å². The lowest BCUT2D eigenvalue weighted by atomic mass is 9.86. The van der Waals surface area contributed by atoms with Gasteiger partial charge in [0.05, 0.1) is 24.9 Å². The Morgan fingerprint density at radius 1 is 0.707 bits per heavy atom. The van der Waals surface area contributed by atoms with Crippen LogP contribution in [0.5, 0.6) is 11.5 Å². The van der Waals surface area contributed by atoms with E-state index in [1.165, 1.54) is 16.7 Å². The van der Waals surface area contributed by atoms with E-state index in [2.05, 4.69) is 116 Å². The van der Waals surface area contributed by atoms with Crippen LogP contribution < -0.4 is 9.47 Å². The van der Waals surface area contributed by atoms with E-state index in [1.807, 2.05) is 24.3 Å². The topological polar surface area (TPSA) is 49.2 Å². The maximum atomic E-state index is 6.17. The van der Waals surface area contributed by atoms with Gasteiger partial charge in [-0.05, 0) is 75.8 Å². The zero-order valence-corrected chi connectivity index (χ0v) is 27.7. The van der Waals surface area contributed by atoms with Crippen LogP contribution in [0.15, 0.2) is 73.3 Å². The summed E-state index contributed by atoms with van der Waals surface area (Å²) in [4.78, 5) is 3.94. The normalized spacial score (nSPS) is 11.5. The van der Waals surface area contributed by atoms with Gasteiger partial charge in [0, 0.05) is 0 Å². The van der Waals surface area contributed by atoms with Gasteiger partial charge in [-0.2, -0.15) is 5.10 Å². The lowest BCUT2D eigenvalue weighted by molar-refractivity contribution is 0.412. The van der Waals surface area contributed by atoms with E-state index >= 15 is 0 Å². The molecule has 222 valence electrons. The minimum Gasteiger partial charge on any atom is -0.497 e. The third-order valence-electron chi connectivity index (χ3n) is 6.54. The van der Waals surface area contributed by atoms with Gasteiger partial charge in [0.25, 0.3) is 0 Å². The minimum absolute atomic E-state index is 0.0611. The van der Waals surface area contributed by atoms with Gasteiger partial charge in [-0.25, -0.2) is 9.67 Å². The van der Waals surface area contributed by atoms with E-state index in [-0.39, 0.29) is 16.2 Å². The fraction of sp³-hybridized carbons (Fsp3) is 0.429. The molecule has 1 aromatic heterocycles. The molecular formula is C35H48ClN3O2. The second-order valence-electron chi connectivity index (χ2n) is 13.2. The van der Waals surface area contributed by atoms with Gasteiger partial charge in [0.1, 0.15) is 24.2 Å². The summed E-state index contributed by atoms with van der Waals surface area (Å²) in [6.45, 7) is 21.7. The van der Waals surface area contributed by atoms with Crippen molar-refractivity contribution in [3.05, 3.63) is 101 Å². The zero-order valence-electron chi connectivity index (χ0n) is 27.0. The molecule has 5 nitrogen and oxygen atoms in total. The largest absolute Gasteiger partial charge is 0.497 e. The predicted octanol–water partition coefficient (Wildman–Crippen LogP) is 9.51. The van der Waals surface area contributed by atoms with Gasteiger partial charge in [-0.1, -0.05) is 104 Å². The maximum absolute atomic E-state index is 6.17. The van der Waals surface area contributed by atoms with Gasteiger partial charge in [0.15, 0.2) is 0 Å². The SMILES string of the molecule is CC(C)(C)c1cccc(-n2cncn2)c1.COc1cc(C)cc(C(C)(C)C)c1.COc1cccc(C(C)(C)C)c1Cl. The van der Waals surface area contributed by atoms with Crippen molar-refractivity contribution in [2.75, 3.05) is 14.2 Å². The number of rotatable bonds is 3. The fourth-order valence-electron chi connectivity index (χ4n) is 4.00. The third-order valence-corrected chi connectivity index (χ3v) is 6.93. The molecule has 0 atom stereocenters. The number of ether oxygens (including phenoxy) is 2. The molecule has 0 saturated heterocycles. The Labute approximate surface area is 252 Å². The smallest absolute Gasteiger partial charge is 0.138 e. The number of halogens is 1. The molecule has 0 aliphatic rings. The van der Waals surface area contributed by atoms with Gasteiger partial charge < -0.3 is 9.47 Å². The second-order valence-corrected chi connectivity index (χ2v) is 13.6.